The molecule has 1 atom stereocenters. The maximum absolute atomic E-state index is 13.7. The number of carbonyl (C=O) groups is 1. The minimum atomic E-state index is -0.0812. The number of hydrogen-bond donors (Lipinski definition) is 1. The predicted molar refractivity (Wildman–Crippen MR) is 142 cm³/mol. The first-order chi connectivity index (χ1) is 17.6. The Morgan fingerprint density at radius 2 is 1.81 bits per heavy atom. The lowest BCUT2D eigenvalue weighted by molar-refractivity contribution is 0.0933. The Labute approximate surface area is 213 Å². The number of amides is 1. The molecule has 1 aliphatic carbocycles. The second-order valence-electron chi connectivity index (χ2n) is 9.54. The number of nitrogens with zero attached hydrogens (tertiary/aromatic N) is 3. The number of anilines is 1. The molecule has 2 aliphatic rings. The van der Waals surface area contributed by atoms with Gasteiger partial charge in [-0.1, -0.05) is 24.3 Å². The van der Waals surface area contributed by atoms with Gasteiger partial charge in [-0.05, 0) is 67.8 Å². The van der Waals surface area contributed by atoms with E-state index in [2.05, 4.69) is 46.4 Å². The highest BCUT2D eigenvalue weighted by molar-refractivity contribution is 5.99. The lowest BCUT2D eigenvalue weighted by Gasteiger charge is -2.34. The summed E-state index contributed by atoms with van der Waals surface area (Å²) in [7, 11) is 5.42. The van der Waals surface area contributed by atoms with Crippen LogP contribution in [0.2, 0.25) is 0 Å². The lowest BCUT2D eigenvalue weighted by atomic mass is 9.87. The van der Waals surface area contributed by atoms with Crippen molar-refractivity contribution in [3.05, 3.63) is 71.3 Å². The molecule has 2 aromatic carbocycles. The molecule has 1 amide bonds. The number of aryl methyl sites for hydroxylation is 1. The van der Waals surface area contributed by atoms with Gasteiger partial charge in [-0.25, -0.2) is 4.98 Å². The third kappa shape index (κ3) is 4.88. The Hall–Kier alpha value is -3.58. The molecule has 5 rings (SSSR count). The summed E-state index contributed by atoms with van der Waals surface area (Å²) in [6.07, 6.45) is 3.08. The fourth-order valence-corrected chi connectivity index (χ4v) is 5.19. The average molecular weight is 487 g/mol. The zero-order chi connectivity index (χ0) is 25.1. The van der Waals surface area contributed by atoms with Gasteiger partial charge in [0.1, 0.15) is 17.3 Å². The van der Waals surface area contributed by atoms with Gasteiger partial charge in [-0.2, -0.15) is 0 Å². The Kier molecular flexibility index (Phi) is 7.09. The number of ether oxygens (including phenoxy) is 2. The average Bonchev–Trinajstić information content (AvgIpc) is 2.93. The van der Waals surface area contributed by atoms with Crippen molar-refractivity contribution < 1.29 is 14.3 Å². The molecular formula is C29H34N4O3. The maximum Gasteiger partial charge on any atom is 0.255 e. The number of piperazine rings is 1. The lowest BCUT2D eigenvalue weighted by Crippen LogP contribution is -2.45. The normalized spacial score (nSPS) is 17.9. The van der Waals surface area contributed by atoms with Gasteiger partial charge in [0.05, 0.1) is 31.5 Å². The van der Waals surface area contributed by atoms with E-state index in [0.29, 0.717) is 17.1 Å². The van der Waals surface area contributed by atoms with Gasteiger partial charge in [0.15, 0.2) is 0 Å². The van der Waals surface area contributed by atoms with Crippen molar-refractivity contribution in [2.24, 2.45) is 0 Å². The van der Waals surface area contributed by atoms with Crippen LogP contribution in [0.3, 0.4) is 0 Å². The number of fused-ring (bicyclic) bond motifs is 1. The smallest absolute Gasteiger partial charge is 0.255 e. The van der Waals surface area contributed by atoms with Gasteiger partial charge in [0, 0.05) is 31.7 Å². The summed E-state index contributed by atoms with van der Waals surface area (Å²) in [5, 5.41) is 3.32. The van der Waals surface area contributed by atoms with E-state index in [-0.39, 0.29) is 11.9 Å². The second-order valence-corrected chi connectivity index (χ2v) is 9.54. The van der Waals surface area contributed by atoms with Gasteiger partial charge >= 0.3 is 0 Å². The molecule has 1 saturated heterocycles. The summed E-state index contributed by atoms with van der Waals surface area (Å²) in [5.74, 6) is 2.07. The summed E-state index contributed by atoms with van der Waals surface area (Å²) < 4.78 is 11.1. The summed E-state index contributed by atoms with van der Waals surface area (Å²) in [6, 6.07) is 17.9. The van der Waals surface area contributed by atoms with Gasteiger partial charge < -0.3 is 24.6 Å². The first-order valence-corrected chi connectivity index (χ1v) is 12.6. The van der Waals surface area contributed by atoms with Gasteiger partial charge in [-0.3, -0.25) is 4.79 Å². The van der Waals surface area contributed by atoms with E-state index in [1.807, 2.05) is 30.3 Å². The molecule has 1 aromatic heterocycles. The van der Waals surface area contributed by atoms with Gasteiger partial charge in [0.25, 0.3) is 5.91 Å². The minimum absolute atomic E-state index is 0.0148. The molecule has 188 valence electrons. The highest BCUT2D eigenvalue weighted by atomic mass is 16.5. The minimum Gasteiger partial charge on any atom is -0.497 e. The molecule has 7 nitrogen and oxygen atoms in total. The summed E-state index contributed by atoms with van der Waals surface area (Å²) in [5.41, 5.74) is 4.74. The zero-order valence-corrected chi connectivity index (χ0v) is 21.3. The monoisotopic (exact) mass is 486 g/mol. The summed E-state index contributed by atoms with van der Waals surface area (Å²) in [4.78, 5) is 23.3. The van der Waals surface area contributed by atoms with Crippen LogP contribution in [0.15, 0.2) is 54.6 Å². The predicted octanol–water partition coefficient (Wildman–Crippen LogP) is 4.33. The highest BCUT2D eigenvalue weighted by Crippen LogP contribution is 2.35. The Bertz CT molecular complexity index is 1240. The van der Waals surface area contributed by atoms with Crippen LogP contribution in [0.4, 0.5) is 5.82 Å². The first kappa shape index (κ1) is 24.1. The third-order valence-corrected chi connectivity index (χ3v) is 7.28. The fourth-order valence-electron chi connectivity index (χ4n) is 5.19. The summed E-state index contributed by atoms with van der Waals surface area (Å²) >= 11 is 0. The number of aromatic nitrogens is 1. The van der Waals surface area contributed by atoms with Crippen molar-refractivity contribution in [3.63, 3.8) is 0 Å². The number of pyridine rings is 1. The van der Waals surface area contributed by atoms with Crippen LogP contribution >= 0.6 is 0 Å². The quantitative estimate of drug-likeness (QED) is 0.560. The van der Waals surface area contributed by atoms with Crippen LogP contribution in [0, 0.1) is 0 Å². The molecule has 3 aromatic rings. The summed E-state index contributed by atoms with van der Waals surface area (Å²) in [6.45, 7) is 3.47. The van der Waals surface area contributed by atoms with Crippen molar-refractivity contribution >= 4 is 11.7 Å². The molecule has 1 N–H and O–H groups in total. The molecule has 7 heteroatoms. The number of nitrogens with one attached hydrogen (secondary N) is 1. The van der Waals surface area contributed by atoms with Crippen LogP contribution in [0.25, 0.3) is 11.3 Å². The van der Waals surface area contributed by atoms with Crippen molar-refractivity contribution in [1.82, 2.24) is 15.2 Å². The molecule has 36 heavy (non-hydrogen) atoms. The van der Waals surface area contributed by atoms with E-state index in [4.69, 9.17) is 14.5 Å². The van der Waals surface area contributed by atoms with Crippen LogP contribution in [0.1, 0.15) is 40.4 Å². The number of rotatable bonds is 6. The number of carbonyl (C=O) groups excluding carboxylic acids is 1. The molecule has 0 saturated carbocycles. The van der Waals surface area contributed by atoms with Gasteiger partial charge in [0.2, 0.25) is 0 Å². The molecule has 0 radical (unpaired) electrons. The van der Waals surface area contributed by atoms with Crippen LogP contribution in [-0.2, 0) is 6.42 Å². The highest BCUT2D eigenvalue weighted by Gasteiger charge is 2.27. The van der Waals surface area contributed by atoms with E-state index in [1.165, 1.54) is 11.1 Å². The number of hydrogen-bond acceptors (Lipinski definition) is 6. The SMILES string of the molecule is COc1ccc(OC)c(-c2ccc(C(=O)NC3CCCc4ccccc43)c(N3CCN(C)CC3)n2)c1. The number of benzene rings is 2. The largest absolute Gasteiger partial charge is 0.497 e. The second kappa shape index (κ2) is 10.6. The van der Waals surface area contributed by atoms with E-state index >= 15 is 0 Å². The Morgan fingerprint density at radius 3 is 2.58 bits per heavy atom. The molecule has 0 spiro atoms. The fraction of sp³-hybridized carbons (Fsp3) is 0.379. The van der Waals surface area contributed by atoms with E-state index in [1.54, 1.807) is 14.2 Å². The van der Waals surface area contributed by atoms with Crippen molar-refractivity contribution in [2.75, 3.05) is 52.3 Å². The maximum atomic E-state index is 13.7. The van der Waals surface area contributed by atoms with E-state index in [9.17, 15) is 4.79 Å². The Balaban J connectivity index is 1.51. The molecule has 2 heterocycles. The molecule has 1 aliphatic heterocycles. The van der Waals surface area contributed by atoms with E-state index in [0.717, 1.165) is 62.4 Å². The number of likely N-dealkylation sites (N-methyl/N-ethyl adjacent to an activating group) is 1. The molecule has 1 unspecified atom stereocenters. The topological polar surface area (TPSA) is 66.9 Å². The van der Waals surface area contributed by atoms with Crippen molar-refractivity contribution in [3.8, 4) is 22.8 Å². The van der Waals surface area contributed by atoms with Crippen molar-refractivity contribution in [1.29, 1.82) is 0 Å². The molecular weight excluding hydrogens is 452 g/mol. The van der Waals surface area contributed by atoms with Crippen molar-refractivity contribution in [2.45, 2.75) is 25.3 Å². The van der Waals surface area contributed by atoms with Crippen LogP contribution < -0.4 is 19.7 Å². The van der Waals surface area contributed by atoms with Gasteiger partial charge in [-0.15, -0.1) is 0 Å². The molecule has 0 bridgehead atoms. The van der Waals surface area contributed by atoms with Crippen LogP contribution in [-0.4, -0.2) is 63.2 Å². The van der Waals surface area contributed by atoms with Crippen LogP contribution in [0.5, 0.6) is 11.5 Å². The Morgan fingerprint density at radius 1 is 1.00 bits per heavy atom. The van der Waals surface area contributed by atoms with E-state index < -0.39 is 0 Å². The zero-order valence-electron chi connectivity index (χ0n) is 21.3. The third-order valence-electron chi connectivity index (χ3n) is 7.28. The molecule has 1 fully saturated rings. The number of methoxy groups -OCH3 is 2. The first-order valence-electron chi connectivity index (χ1n) is 12.6. The standard InChI is InChI=1S/C29H34N4O3/c1-32-15-17-33(18-16-32)28-23(29(34)31-25-10-6-8-20-7-4-5-9-22(20)25)12-13-26(30-28)24-19-21(35-2)11-14-27(24)36-3/h4-5,7,9,11-14,19,25H,6,8,10,15-18H2,1-3H3,(H,31,34).